The standard InChI is InChI=1S/C28H38O4/c1-8-28(9-2,22-10-12-24(30)23(17-22)19(3)14-15-29)21-11-13-25(20(4)16-21)32-18-26(31)27(5,6)7/h10-17,26,30-31H,8-9,18H2,1-7H3/b19-14+. The molecule has 174 valence electrons. The van der Waals surface area contributed by atoms with Crippen LogP contribution < -0.4 is 4.74 Å². The van der Waals surface area contributed by atoms with Crippen LogP contribution in [0.15, 0.2) is 42.5 Å². The number of benzene rings is 2. The summed E-state index contributed by atoms with van der Waals surface area (Å²) in [5.74, 6) is 0.942. The first kappa shape index (κ1) is 25.7. The fourth-order valence-electron chi connectivity index (χ4n) is 4.10. The first-order valence-electron chi connectivity index (χ1n) is 11.4. The van der Waals surface area contributed by atoms with Crippen LogP contribution in [0, 0.1) is 12.3 Å². The molecule has 2 aromatic rings. The van der Waals surface area contributed by atoms with Gasteiger partial charge in [0, 0.05) is 11.0 Å². The van der Waals surface area contributed by atoms with E-state index in [4.69, 9.17) is 4.74 Å². The number of aromatic hydroxyl groups is 1. The first-order valence-corrected chi connectivity index (χ1v) is 11.4. The lowest BCUT2D eigenvalue weighted by Crippen LogP contribution is -2.32. The lowest BCUT2D eigenvalue weighted by Gasteiger charge is -2.34. The number of aliphatic hydroxyl groups is 1. The van der Waals surface area contributed by atoms with E-state index < -0.39 is 6.10 Å². The topological polar surface area (TPSA) is 66.8 Å². The molecule has 1 atom stereocenters. The van der Waals surface area contributed by atoms with Gasteiger partial charge in [0.05, 0.1) is 6.10 Å². The summed E-state index contributed by atoms with van der Waals surface area (Å²) < 4.78 is 5.94. The maximum atomic E-state index is 10.9. The highest BCUT2D eigenvalue weighted by atomic mass is 16.5. The van der Waals surface area contributed by atoms with Crippen LogP contribution in [0.25, 0.3) is 5.57 Å². The minimum Gasteiger partial charge on any atom is -0.507 e. The lowest BCUT2D eigenvalue weighted by molar-refractivity contribution is -0.104. The Morgan fingerprint density at radius 1 is 1.06 bits per heavy atom. The van der Waals surface area contributed by atoms with E-state index in [0.29, 0.717) is 5.56 Å². The van der Waals surface area contributed by atoms with Crippen LogP contribution in [0.3, 0.4) is 0 Å². The molecule has 0 heterocycles. The predicted molar refractivity (Wildman–Crippen MR) is 131 cm³/mol. The van der Waals surface area contributed by atoms with Crippen molar-refractivity contribution in [2.45, 2.75) is 72.8 Å². The van der Waals surface area contributed by atoms with Crippen LogP contribution in [0.4, 0.5) is 0 Å². The zero-order valence-corrected chi connectivity index (χ0v) is 20.5. The molecule has 0 radical (unpaired) electrons. The Balaban J connectivity index is 2.46. The van der Waals surface area contributed by atoms with Crippen LogP contribution in [-0.4, -0.2) is 29.2 Å². The second kappa shape index (κ2) is 10.4. The van der Waals surface area contributed by atoms with Gasteiger partial charge in [0.25, 0.3) is 0 Å². The van der Waals surface area contributed by atoms with Crippen LogP contribution in [0.2, 0.25) is 0 Å². The SMILES string of the molecule is CCC(CC)(c1ccc(OCC(O)C(C)(C)C)c(C)c1)c1ccc(O)c(/C(C)=C/C=O)c1. The Morgan fingerprint density at radius 3 is 2.19 bits per heavy atom. The Morgan fingerprint density at radius 2 is 1.66 bits per heavy atom. The van der Waals surface area contributed by atoms with Gasteiger partial charge < -0.3 is 14.9 Å². The van der Waals surface area contributed by atoms with Gasteiger partial charge in [0.2, 0.25) is 0 Å². The average molecular weight is 439 g/mol. The molecular weight excluding hydrogens is 400 g/mol. The summed E-state index contributed by atoms with van der Waals surface area (Å²) in [6, 6.07) is 11.9. The van der Waals surface area contributed by atoms with E-state index in [2.05, 4.69) is 26.0 Å². The van der Waals surface area contributed by atoms with E-state index >= 15 is 0 Å². The van der Waals surface area contributed by atoms with E-state index in [-0.39, 0.29) is 23.2 Å². The maximum absolute atomic E-state index is 10.9. The lowest BCUT2D eigenvalue weighted by atomic mass is 9.70. The van der Waals surface area contributed by atoms with Gasteiger partial charge in [-0.1, -0.05) is 52.8 Å². The molecule has 0 aromatic heterocycles. The number of carbonyl (C=O) groups excluding carboxylic acids is 1. The molecule has 0 saturated carbocycles. The summed E-state index contributed by atoms with van der Waals surface area (Å²) in [4.78, 5) is 10.9. The summed E-state index contributed by atoms with van der Waals surface area (Å²) >= 11 is 0. The molecule has 1 unspecified atom stereocenters. The van der Waals surface area contributed by atoms with Gasteiger partial charge in [-0.25, -0.2) is 0 Å². The van der Waals surface area contributed by atoms with Gasteiger partial charge in [-0.3, -0.25) is 4.79 Å². The molecule has 4 nitrogen and oxygen atoms in total. The molecule has 32 heavy (non-hydrogen) atoms. The van der Waals surface area contributed by atoms with Crippen molar-refractivity contribution in [2.24, 2.45) is 5.41 Å². The highest BCUT2D eigenvalue weighted by Gasteiger charge is 2.32. The molecule has 0 aliphatic heterocycles. The quantitative estimate of drug-likeness (QED) is 0.362. The number of hydrogen-bond donors (Lipinski definition) is 2. The number of rotatable bonds is 9. The molecule has 2 rings (SSSR count). The van der Waals surface area contributed by atoms with Crippen molar-refractivity contribution < 1.29 is 19.7 Å². The third kappa shape index (κ3) is 5.42. The second-order valence-corrected chi connectivity index (χ2v) is 9.68. The maximum Gasteiger partial charge on any atom is 0.143 e. The Bertz CT molecular complexity index is 962. The molecule has 2 aromatic carbocycles. The van der Waals surface area contributed by atoms with E-state index in [1.165, 1.54) is 11.6 Å². The predicted octanol–water partition coefficient (Wildman–Crippen LogP) is 6.19. The van der Waals surface area contributed by atoms with Crippen LogP contribution in [0.5, 0.6) is 11.5 Å². The van der Waals surface area contributed by atoms with Crippen molar-refractivity contribution in [3.63, 3.8) is 0 Å². The summed E-state index contributed by atoms with van der Waals surface area (Å²) in [5.41, 5.74) is 4.23. The van der Waals surface area contributed by atoms with Crippen molar-refractivity contribution in [1.82, 2.24) is 0 Å². The van der Waals surface area contributed by atoms with Crippen molar-refractivity contribution in [1.29, 1.82) is 0 Å². The number of phenols is 1. The minimum absolute atomic E-state index is 0.169. The number of ether oxygens (including phenoxy) is 1. The van der Waals surface area contributed by atoms with Gasteiger partial charge in [-0.15, -0.1) is 0 Å². The van der Waals surface area contributed by atoms with Gasteiger partial charge in [-0.2, -0.15) is 0 Å². The Hall–Kier alpha value is -2.59. The normalized spacial score (nSPS) is 13.7. The van der Waals surface area contributed by atoms with E-state index in [9.17, 15) is 15.0 Å². The summed E-state index contributed by atoms with van der Waals surface area (Å²) in [6.45, 7) is 14.4. The highest BCUT2D eigenvalue weighted by Crippen LogP contribution is 2.42. The van der Waals surface area contributed by atoms with Gasteiger partial charge >= 0.3 is 0 Å². The number of phenolic OH excluding ortho intramolecular Hbond substituents is 1. The van der Waals surface area contributed by atoms with E-state index in [1.807, 2.05) is 52.8 Å². The summed E-state index contributed by atoms with van der Waals surface area (Å²) in [7, 11) is 0. The largest absolute Gasteiger partial charge is 0.507 e. The third-order valence-electron chi connectivity index (χ3n) is 6.62. The smallest absolute Gasteiger partial charge is 0.143 e. The van der Waals surface area contributed by atoms with Gasteiger partial charge in [-0.05, 0) is 78.6 Å². The number of aldehydes is 1. The number of aliphatic hydroxyl groups excluding tert-OH is 1. The fraction of sp³-hybridized carbons (Fsp3) is 0.464. The van der Waals surface area contributed by atoms with Gasteiger partial charge in [0.1, 0.15) is 24.4 Å². The number of hydrogen-bond acceptors (Lipinski definition) is 4. The molecule has 0 saturated heterocycles. The molecule has 0 amide bonds. The number of carbonyl (C=O) groups is 1. The zero-order valence-electron chi connectivity index (χ0n) is 20.5. The van der Waals surface area contributed by atoms with E-state index in [1.54, 1.807) is 6.07 Å². The molecule has 0 fully saturated rings. The van der Waals surface area contributed by atoms with Crippen molar-refractivity contribution in [2.75, 3.05) is 6.61 Å². The summed E-state index contributed by atoms with van der Waals surface area (Å²) in [5, 5.41) is 20.7. The zero-order chi connectivity index (χ0) is 24.1. The number of aryl methyl sites for hydroxylation is 1. The monoisotopic (exact) mass is 438 g/mol. The third-order valence-corrected chi connectivity index (χ3v) is 6.62. The average Bonchev–Trinajstić information content (AvgIpc) is 2.74. The molecular formula is C28H38O4. The van der Waals surface area contributed by atoms with Gasteiger partial charge in [0.15, 0.2) is 0 Å². The molecule has 0 bridgehead atoms. The van der Waals surface area contributed by atoms with Crippen molar-refractivity contribution >= 4 is 11.9 Å². The van der Waals surface area contributed by atoms with Crippen molar-refractivity contribution in [3.05, 3.63) is 64.7 Å². The first-order chi connectivity index (χ1) is 15.0. The van der Waals surface area contributed by atoms with Crippen LogP contribution in [0.1, 0.15) is 76.6 Å². The molecule has 0 aliphatic rings. The second-order valence-electron chi connectivity index (χ2n) is 9.68. The minimum atomic E-state index is -0.551. The van der Waals surface area contributed by atoms with Crippen LogP contribution >= 0.6 is 0 Å². The fourth-order valence-corrected chi connectivity index (χ4v) is 4.10. The molecule has 0 aliphatic carbocycles. The molecule has 0 spiro atoms. The Labute approximate surface area is 193 Å². The number of allylic oxidation sites excluding steroid dienone is 2. The molecule has 4 heteroatoms. The van der Waals surface area contributed by atoms with E-state index in [0.717, 1.165) is 41.6 Å². The summed E-state index contributed by atoms with van der Waals surface area (Å²) in [6.07, 6.45) is 3.43. The highest BCUT2D eigenvalue weighted by molar-refractivity contribution is 5.82. The molecule has 2 N–H and O–H groups in total. The Kier molecular flexibility index (Phi) is 8.30. The van der Waals surface area contributed by atoms with Crippen molar-refractivity contribution in [3.8, 4) is 11.5 Å². The van der Waals surface area contributed by atoms with Crippen LogP contribution in [-0.2, 0) is 10.2 Å².